The molecule has 0 aliphatic carbocycles. The molecule has 0 atom stereocenters. The molecule has 12 rings (SSSR count). The van der Waals surface area contributed by atoms with Crippen LogP contribution in [0, 0.1) is 0 Å². The Balaban J connectivity index is 0.000000182. The van der Waals surface area contributed by atoms with Gasteiger partial charge in [0.1, 0.15) is 0 Å². The Bertz CT molecular complexity index is 4220. The molecule has 0 saturated heterocycles. The van der Waals surface area contributed by atoms with Crippen molar-refractivity contribution in [1.29, 1.82) is 0 Å². The van der Waals surface area contributed by atoms with Crippen LogP contribution < -0.4 is 0 Å². The zero-order valence-corrected chi connectivity index (χ0v) is 49.8. The first-order valence-electron chi connectivity index (χ1n) is 25.2. The van der Waals surface area contributed by atoms with Crippen molar-refractivity contribution in [2.24, 2.45) is 0 Å². The summed E-state index contributed by atoms with van der Waals surface area (Å²) in [6, 6.07) is 21.3. The van der Waals surface area contributed by atoms with Crippen LogP contribution in [-0.4, -0.2) is 66.9 Å². The summed E-state index contributed by atoms with van der Waals surface area (Å²) in [7, 11) is 0. The van der Waals surface area contributed by atoms with Gasteiger partial charge in [0.25, 0.3) is 47.3 Å². The van der Waals surface area contributed by atoms with Crippen LogP contribution in [0.1, 0.15) is 127 Å². The monoisotopic (exact) mass is 1480 g/mol. The summed E-state index contributed by atoms with van der Waals surface area (Å²) < 4.78 is 157. The number of nitrogens with zero attached hydrogens (tertiary/aromatic N) is 4. The molecule has 8 aromatic carbocycles. The third-order valence-electron chi connectivity index (χ3n) is 14.8. The largest absolute Gasteiger partial charge is 0.416 e. The first-order chi connectivity index (χ1) is 41.1. The smallest absolute Gasteiger partial charge is 0.270 e. The third-order valence-corrected chi connectivity index (χ3v) is 17.3. The number of alkyl halides is 12. The van der Waals surface area contributed by atoms with Crippen LogP contribution in [0.3, 0.4) is 0 Å². The number of halogens is 16. The molecular weight excluding hydrogens is 1450 g/mol. The standard InChI is InChI=1S/2C30H14Br2F6N2O4/c31-19-10-18-22-21-17(25(41)39(27(43)23(19)21)11-13-1-5-15(6-2-13)29(33,34)35)9-20(32)24(22)28(44)40(26(18)42)12-14-3-7-16(8-4-14)30(36,37)38;31-19-9-17-21-18(26(42)39(25(17)41)11-13-1-5-15(6-2-13)29(33,34)35)10-20(32)23-24(21)22(19)27(43)40(28(23)44)12-14-3-7-16(8-4-14)30(36,37)38/h2*1-10H,11-12H2. The predicted molar refractivity (Wildman–Crippen MR) is 301 cm³/mol. The van der Waals surface area contributed by atoms with Gasteiger partial charge in [0, 0.05) is 61.7 Å². The van der Waals surface area contributed by atoms with E-state index in [-0.39, 0.29) is 132 Å². The van der Waals surface area contributed by atoms with E-state index in [9.17, 15) is 91.0 Å². The Morgan fingerprint density at radius 1 is 0.261 bits per heavy atom. The minimum atomic E-state index is -4.57. The highest BCUT2D eigenvalue weighted by Crippen LogP contribution is 2.47. The first-order valence-corrected chi connectivity index (χ1v) is 28.4. The van der Waals surface area contributed by atoms with E-state index in [4.69, 9.17) is 0 Å². The van der Waals surface area contributed by atoms with E-state index >= 15 is 0 Å². The minimum absolute atomic E-state index is 0.0114. The van der Waals surface area contributed by atoms with Crippen molar-refractivity contribution in [2.45, 2.75) is 50.9 Å². The molecule has 0 aromatic heterocycles. The lowest BCUT2D eigenvalue weighted by Crippen LogP contribution is -2.43. The summed E-state index contributed by atoms with van der Waals surface area (Å²) in [6.07, 6.45) is -18.3. The van der Waals surface area contributed by atoms with Crippen molar-refractivity contribution in [3.63, 3.8) is 0 Å². The molecule has 0 radical (unpaired) electrons. The van der Waals surface area contributed by atoms with Crippen LogP contribution in [-0.2, 0) is 50.9 Å². The van der Waals surface area contributed by atoms with Gasteiger partial charge in [-0.15, -0.1) is 0 Å². The Labute approximate surface area is 519 Å². The molecule has 88 heavy (non-hydrogen) atoms. The molecule has 448 valence electrons. The lowest BCUT2D eigenvalue weighted by Gasteiger charge is -2.33. The lowest BCUT2D eigenvalue weighted by molar-refractivity contribution is -0.138. The van der Waals surface area contributed by atoms with Crippen molar-refractivity contribution in [2.75, 3.05) is 0 Å². The fourth-order valence-corrected chi connectivity index (χ4v) is 13.0. The van der Waals surface area contributed by atoms with Crippen LogP contribution in [0.5, 0.6) is 0 Å². The van der Waals surface area contributed by atoms with Crippen LogP contribution in [0.25, 0.3) is 21.5 Å². The van der Waals surface area contributed by atoms with Gasteiger partial charge in [0.15, 0.2) is 0 Å². The Morgan fingerprint density at radius 3 is 0.659 bits per heavy atom. The summed E-state index contributed by atoms with van der Waals surface area (Å²) in [6.45, 7) is -1.38. The molecule has 4 aliphatic heterocycles. The molecule has 0 fully saturated rings. The molecule has 12 nitrogen and oxygen atoms in total. The Morgan fingerprint density at radius 2 is 0.443 bits per heavy atom. The molecule has 0 N–H and O–H groups in total. The van der Waals surface area contributed by atoms with E-state index < -0.39 is 94.2 Å². The van der Waals surface area contributed by atoms with Gasteiger partial charge in [-0.05, 0) is 159 Å². The van der Waals surface area contributed by atoms with Gasteiger partial charge in [-0.2, -0.15) is 52.7 Å². The molecule has 0 spiro atoms. The van der Waals surface area contributed by atoms with Gasteiger partial charge in [-0.25, -0.2) is 0 Å². The number of imide groups is 4. The summed E-state index contributed by atoms with van der Waals surface area (Å²) in [5, 5.41) is 0.230. The van der Waals surface area contributed by atoms with Gasteiger partial charge in [-0.3, -0.25) is 58.0 Å². The molecule has 4 heterocycles. The number of benzene rings is 8. The highest BCUT2D eigenvalue weighted by Gasteiger charge is 2.45. The molecule has 8 aromatic rings. The van der Waals surface area contributed by atoms with Gasteiger partial charge in [0.05, 0.1) is 70.7 Å². The molecule has 0 bridgehead atoms. The third kappa shape index (κ3) is 10.7. The van der Waals surface area contributed by atoms with Crippen molar-refractivity contribution >= 4 is 133 Å². The number of hydrogen-bond acceptors (Lipinski definition) is 8. The SMILES string of the molecule is O=C1c2cc(Br)c3c4c(c(Br)cc(c24)C(=O)N1Cc1ccc(C(F)(F)F)cc1)C(=O)N(Cc1ccc(C(F)(F)F)cc1)C3=O.O=C1c2cc(Br)c3c4c(cc(Br)c(c24)C(=O)N1Cc1ccc(C(F)(F)F)cc1)C(=O)N(Cc1ccc(C(F)(F)F)cc1)C3=O. The fourth-order valence-electron chi connectivity index (χ4n) is 10.6. The number of rotatable bonds is 8. The van der Waals surface area contributed by atoms with E-state index in [0.717, 1.165) is 117 Å². The highest BCUT2D eigenvalue weighted by molar-refractivity contribution is 9.11. The summed E-state index contributed by atoms with van der Waals surface area (Å²) >= 11 is 13.2. The first kappa shape index (κ1) is 61.6. The van der Waals surface area contributed by atoms with E-state index in [2.05, 4.69) is 63.7 Å². The summed E-state index contributed by atoms with van der Waals surface area (Å²) in [5.41, 5.74) is -2.68. The maximum absolute atomic E-state index is 13.7. The average molecular weight is 1480 g/mol. The normalized spacial score (nSPS) is 15.1. The topological polar surface area (TPSA) is 150 Å². The molecule has 0 unspecified atom stereocenters. The van der Waals surface area contributed by atoms with E-state index in [1.54, 1.807) is 0 Å². The van der Waals surface area contributed by atoms with Crippen LogP contribution in [0.15, 0.2) is 139 Å². The maximum Gasteiger partial charge on any atom is 0.416 e. The maximum atomic E-state index is 13.7. The highest BCUT2D eigenvalue weighted by atomic mass is 79.9. The van der Waals surface area contributed by atoms with Gasteiger partial charge in [-0.1, -0.05) is 48.5 Å². The second kappa shape index (κ2) is 21.9. The number of carbonyl (C=O) groups is 8. The zero-order chi connectivity index (χ0) is 63.8. The molecule has 8 amide bonds. The number of carbonyl (C=O) groups excluding carboxylic acids is 8. The van der Waals surface area contributed by atoms with E-state index in [0.29, 0.717) is 0 Å². The van der Waals surface area contributed by atoms with Crippen molar-refractivity contribution < 1.29 is 91.0 Å². The average Bonchev–Trinajstić information content (AvgIpc) is 0.836. The van der Waals surface area contributed by atoms with Gasteiger partial charge < -0.3 is 0 Å². The zero-order valence-electron chi connectivity index (χ0n) is 43.5. The predicted octanol–water partition coefficient (Wildman–Crippen LogP) is 16.0. The van der Waals surface area contributed by atoms with Gasteiger partial charge >= 0.3 is 24.7 Å². The fraction of sp³-hybridized carbons (Fsp3) is 0.133. The molecule has 28 heteroatoms. The minimum Gasteiger partial charge on any atom is -0.270 e. The summed E-state index contributed by atoms with van der Waals surface area (Å²) in [5.74, 6) is -6.31. The van der Waals surface area contributed by atoms with Crippen molar-refractivity contribution in [3.05, 3.63) is 228 Å². The lowest BCUT2D eigenvalue weighted by atomic mass is 9.85. The van der Waals surface area contributed by atoms with Crippen LogP contribution >= 0.6 is 63.7 Å². The Hall–Kier alpha value is -8.08. The number of hydrogen-bond donors (Lipinski definition) is 0. The number of amides is 8. The molecular formula is C60H28Br4F12N4O8. The van der Waals surface area contributed by atoms with Crippen LogP contribution in [0.2, 0.25) is 0 Å². The molecule has 0 saturated carbocycles. The van der Waals surface area contributed by atoms with E-state index in [1.807, 2.05) is 0 Å². The second-order valence-electron chi connectivity index (χ2n) is 20.2. The van der Waals surface area contributed by atoms with Crippen molar-refractivity contribution in [1.82, 2.24) is 19.6 Å². The van der Waals surface area contributed by atoms with E-state index in [1.165, 1.54) is 24.3 Å². The quantitative estimate of drug-likeness (QED) is 0.108. The van der Waals surface area contributed by atoms with Crippen molar-refractivity contribution in [3.8, 4) is 0 Å². The Kier molecular flexibility index (Phi) is 15.3. The second-order valence-corrected chi connectivity index (χ2v) is 23.6. The van der Waals surface area contributed by atoms with Crippen LogP contribution in [0.4, 0.5) is 52.7 Å². The molecule has 4 aliphatic rings. The van der Waals surface area contributed by atoms with Gasteiger partial charge in [0.2, 0.25) is 0 Å². The summed E-state index contributed by atoms with van der Waals surface area (Å²) in [4.78, 5) is 113.